The number of rotatable bonds is 1. The first-order valence-corrected chi connectivity index (χ1v) is 4.15. The maximum atomic E-state index is 5.75. The molecule has 0 unspecified atom stereocenters. The van der Waals surface area contributed by atoms with E-state index in [0.717, 1.165) is 10.6 Å². The summed E-state index contributed by atoms with van der Waals surface area (Å²) < 4.78 is 0. The van der Waals surface area contributed by atoms with Gasteiger partial charge in [0.2, 0.25) is 0 Å². The van der Waals surface area contributed by atoms with Crippen molar-refractivity contribution >= 4 is 29.3 Å². The van der Waals surface area contributed by atoms with Crippen molar-refractivity contribution < 1.29 is 0 Å². The van der Waals surface area contributed by atoms with Crippen LogP contribution in [0.2, 0.25) is 5.02 Å². The monoisotopic (exact) mass is 200 g/mol. The Morgan fingerprint density at radius 3 is 2.00 bits per heavy atom. The fourth-order valence-electron chi connectivity index (χ4n) is 0.641. The Balaban J connectivity index is 0.000000354. The molecular weight excluding hydrogens is 191 g/mol. The van der Waals surface area contributed by atoms with Gasteiger partial charge >= 0.3 is 0 Å². The van der Waals surface area contributed by atoms with Gasteiger partial charge in [-0.2, -0.15) is 0 Å². The lowest BCUT2D eigenvalue weighted by Gasteiger charge is -1.92. The molecule has 0 nitrogen and oxygen atoms in total. The van der Waals surface area contributed by atoms with Crippen LogP contribution in [0.4, 0.5) is 0 Å². The number of halogens is 2. The molecule has 0 bridgehead atoms. The zero-order valence-corrected chi connectivity index (χ0v) is 8.15. The average Bonchev–Trinajstić information content (AvgIpc) is 2.07. The molecule has 0 amide bonds. The van der Waals surface area contributed by atoms with Crippen LogP contribution in [0.25, 0.3) is 6.08 Å². The van der Waals surface area contributed by atoms with Crippen LogP contribution in [-0.4, -0.2) is 0 Å². The molecular formula is C10H10Cl2. The van der Waals surface area contributed by atoms with Gasteiger partial charge in [-0.15, -0.1) is 0 Å². The van der Waals surface area contributed by atoms with Crippen LogP contribution in [0.1, 0.15) is 5.56 Å². The van der Waals surface area contributed by atoms with E-state index in [4.69, 9.17) is 23.2 Å². The molecule has 0 aromatic heterocycles. The maximum absolute atomic E-state index is 5.75. The Hall–Kier alpha value is -0.720. The predicted octanol–water partition coefficient (Wildman–Crippen LogP) is 4.35. The first-order chi connectivity index (χ1) is 5.76. The molecule has 0 atom stereocenters. The first kappa shape index (κ1) is 11.3. The summed E-state index contributed by atoms with van der Waals surface area (Å²) in [6, 6.07) is 7.60. The third kappa shape index (κ3) is 4.22. The minimum atomic E-state index is 0.757. The summed E-state index contributed by atoms with van der Waals surface area (Å²) in [6.45, 7) is 6.73. The molecule has 0 spiro atoms. The van der Waals surface area contributed by atoms with Crippen LogP contribution >= 0.6 is 23.2 Å². The summed E-state index contributed by atoms with van der Waals surface area (Å²) in [6.07, 6.45) is 1.74. The Labute approximate surface area is 83.1 Å². The van der Waals surface area contributed by atoms with E-state index < -0.39 is 0 Å². The van der Waals surface area contributed by atoms with Gasteiger partial charge < -0.3 is 0 Å². The van der Waals surface area contributed by atoms with Crippen LogP contribution < -0.4 is 0 Å². The minimum absolute atomic E-state index is 0.757. The number of hydrogen-bond donors (Lipinski definition) is 0. The number of hydrogen-bond acceptors (Lipinski definition) is 0. The lowest BCUT2D eigenvalue weighted by molar-refractivity contribution is 1.66. The van der Waals surface area contributed by atoms with Gasteiger partial charge in [0.25, 0.3) is 0 Å². The van der Waals surface area contributed by atoms with E-state index >= 15 is 0 Å². The zero-order valence-electron chi connectivity index (χ0n) is 6.63. The van der Waals surface area contributed by atoms with Crippen molar-refractivity contribution in [3.05, 3.63) is 53.5 Å². The molecule has 64 valence electrons. The van der Waals surface area contributed by atoms with E-state index in [1.807, 2.05) is 24.3 Å². The second-order valence-electron chi connectivity index (χ2n) is 1.88. The fraction of sp³-hybridized carbons (Fsp3) is 0. The van der Waals surface area contributed by atoms with Gasteiger partial charge in [-0.25, -0.2) is 0 Å². The van der Waals surface area contributed by atoms with Crippen molar-refractivity contribution in [1.29, 1.82) is 0 Å². The smallest absolute Gasteiger partial charge is 0.0478 e. The Morgan fingerprint density at radius 1 is 1.17 bits per heavy atom. The van der Waals surface area contributed by atoms with Crippen LogP contribution in [0, 0.1) is 0 Å². The predicted molar refractivity (Wildman–Crippen MR) is 57.6 cm³/mol. The molecule has 0 aliphatic carbocycles. The third-order valence-corrected chi connectivity index (χ3v) is 1.47. The molecule has 0 aliphatic heterocycles. The molecule has 0 fully saturated rings. The van der Waals surface area contributed by atoms with E-state index in [1.165, 1.54) is 5.54 Å². The molecule has 0 N–H and O–H groups in total. The molecule has 0 aliphatic rings. The minimum Gasteiger partial charge on any atom is -0.0984 e. The van der Waals surface area contributed by atoms with Crippen molar-refractivity contribution in [3.8, 4) is 0 Å². The Bertz CT molecular complexity index is 254. The van der Waals surface area contributed by atoms with Gasteiger partial charge in [0.15, 0.2) is 0 Å². The molecule has 1 rings (SSSR count). The van der Waals surface area contributed by atoms with Gasteiger partial charge in [-0.05, 0) is 17.2 Å². The second kappa shape index (κ2) is 6.96. The average molecular weight is 201 g/mol. The SMILES string of the molecule is C=CCl.C=Cc1ccccc1Cl. The fourth-order valence-corrected chi connectivity index (χ4v) is 0.854. The molecule has 12 heavy (non-hydrogen) atoms. The van der Waals surface area contributed by atoms with Crippen LogP contribution in [0.15, 0.2) is 43.0 Å². The van der Waals surface area contributed by atoms with E-state index in [2.05, 4.69) is 13.2 Å². The van der Waals surface area contributed by atoms with Crippen molar-refractivity contribution in [2.45, 2.75) is 0 Å². The molecule has 2 heteroatoms. The number of benzene rings is 1. The standard InChI is InChI=1S/C8H7Cl.C2H3Cl/c1-2-7-5-3-4-6-8(7)9;1-2-3/h2-6H,1H2;2H,1H2. The molecule has 1 aromatic carbocycles. The van der Waals surface area contributed by atoms with Crippen LogP contribution in [0.5, 0.6) is 0 Å². The third-order valence-electron chi connectivity index (χ3n) is 1.13. The van der Waals surface area contributed by atoms with E-state index in [9.17, 15) is 0 Å². The van der Waals surface area contributed by atoms with Crippen LogP contribution in [-0.2, 0) is 0 Å². The lowest BCUT2D eigenvalue weighted by atomic mass is 10.2. The molecule has 0 saturated carbocycles. The highest BCUT2D eigenvalue weighted by molar-refractivity contribution is 6.32. The van der Waals surface area contributed by atoms with Gasteiger partial charge in [0.1, 0.15) is 0 Å². The first-order valence-electron chi connectivity index (χ1n) is 3.34. The van der Waals surface area contributed by atoms with Crippen molar-refractivity contribution in [2.75, 3.05) is 0 Å². The Morgan fingerprint density at radius 2 is 1.67 bits per heavy atom. The molecule has 0 heterocycles. The summed E-state index contributed by atoms with van der Waals surface area (Å²) >= 11 is 10.5. The molecule has 1 aromatic rings. The van der Waals surface area contributed by atoms with Crippen LogP contribution in [0.3, 0.4) is 0 Å². The highest BCUT2D eigenvalue weighted by Gasteiger charge is 1.89. The summed E-state index contributed by atoms with van der Waals surface area (Å²) in [5.74, 6) is 0. The van der Waals surface area contributed by atoms with E-state index in [1.54, 1.807) is 6.08 Å². The zero-order chi connectivity index (χ0) is 9.40. The second-order valence-corrected chi connectivity index (χ2v) is 2.60. The summed E-state index contributed by atoms with van der Waals surface area (Å²) in [5.41, 5.74) is 2.21. The van der Waals surface area contributed by atoms with Crippen molar-refractivity contribution in [3.63, 3.8) is 0 Å². The quantitative estimate of drug-likeness (QED) is 0.633. The van der Waals surface area contributed by atoms with Gasteiger partial charge in [-0.3, -0.25) is 0 Å². The van der Waals surface area contributed by atoms with E-state index in [0.29, 0.717) is 0 Å². The molecule has 0 saturated heterocycles. The normalized spacial score (nSPS) is 7.83. The highest BCUT2D eigenvalue weighted by Crippen LogP contribution is 2.14. The Kier molecular flexibility index (Phi) is 6.54. The molecule has 0 radical (unpaired) electrons. The van der Waals surface area contributed by atoms with Gasteiger partial charge in [-0.1, -0.05) is 60.6 Å². The summed E-state index contributed by atoms with van der Waals surface area (Å²) in [4.78, 5) is 0. The highest BCUT2D eigenvalue weighted by atomic mass is 35.5. The maximum Gasteiger partial charge on any atom is 0.0478 e. The largest absolute Gasteiger partial charge is 0.0984 e. The topological polar surface area (TPSA) is 0 Å². The van der Waals surface area contributed by atoms with Crippen molar-refractivity contribution in [2.24, 2.45) is 0 Å². The lowest BCUT2D eigenvalue weighted by Crippen LogP contribution is -1.69. The van der Waals surface area contributed by atoms with Gasteiger partial charge in [0.05, 0.1) is 0 Å². The summed E-state index contributed by atoms with van der Waals surface area (Å²) in [5, 5.41) is 0.757. The van der Waals surface area contributed by atoms with Crippen molar-refractivity contribution in [1.82, 2.24) is 0 Å². The van der Waals surface area contributed by atoms with Gasteiger partial charge in [0, 0.05) is 5.02 Å². The van der Waals surface area contributed by atoms with E-state index in [-0.39, 0.29) is 0 Å². The summed E-state index contributed by atoms with van der Waals surface area (Å²) in [7, 11) is 0.